The summed E-state index contributed by atoms with van der Waals surface area (Å²) >= 11 is 1.65. The van der Waals surface area contributed by atoms with Gasteiger partial charge in [0.2, 0.25) is 0 Å². The van der Waals surface area contributed by atoms with E-state index in [1.54, 1.807) is 17.6 Å². The molecule has 0 unspecified atom stereocenters. The summed E-state index contributed by atoms with van der Waals surface area (Å²) in [6, 6.07) is 12.5. The molecule has 1 aromatic carbocycles. The largest absolute Gasteiger partial charge is 0.462 e. The molecular formula is C17H16N2OS. The number of thiazole rings is 1. The highest BCUT2D eigenvalue weighted by atomic mass is 32.1. The number of nitrogens with zero attached hydrogens (tertiary/aromatic N) is 2. The lowest BCUT2D eigenvalue weighted by atomic mass is 10.0. The fourth-order valence-corrected chi connectivity index (χ4v) is 3.64. The zero-order valence-electron chi connectivity index (χ0n) is 11.7. The standard InChI is InChI=1S/C17H16N2OS/c1-2-7-15-13(5-1)6-3-9-19(15)11-14-12-21-17(18-14)16-8-4-10-20-16/h1-2,4-5,7-8,10,12H,3,6,9,11H2. The van der Waals surface area contributed by atoms with Gasteiger partial charge in [-0.1, -0.05) is 18.2 Å². The van der Waals surface area contributed by atoms with E-state index in [4.69, 9.17) is 9.40 Å². The van der Waals surface area contributed by atoms with E-state index in [0.717, 1.165) is 29.6 Å². The normalized spacial score (nSPS) is 14.2. The van der Waals surface area contributed by atoms with Gasteiger partial charge in [0.15, 0.2) is 10.8 Å². The molecule has 0 saturated heterocycles. The molecule has 3 heterocycles. The number of hydrogen-bond donors (Lipinski definition) is 0. The second-order valence-electron chi connectivity index (χ2n) is 5.28. The lowest BCUT2D eigenvalue weighted by Gasteiger charge is -2.30. The van der Waals surface area contributed by atoms with E-state index in [9.17, 15) is 0 Å². The van der Waals surface area contributed by atoms with Gasteiger partial charge >= 0.3 is 0 Å². The molecule has 1 aliphatic heterocycles. The predicted octanol–water partition coefficient (Wildman–Crippen LogP) is 4.36. The molecule has 106 valence electrons. The molecule has 2 aromatic heterocycles. The zero-order chi connectivity index (χ0) is 14.1. The number of aromatic nitrogens is 1. The Balaban J connectivity index is 1.57. The number of rotatable bonds is 3. The van der Waals surface area contributed by atoms with E-state index in [0.29, 0.717) is 0 Å². The molecule has 0 bridgehead atoms. The minimum Gasteiger partial charge on any atom is -0.462 e. The molecular weight excluding hydrogens is 280 g/mol. The first-order valence-corrected chi connectivity index (χ1v) is 8.09. The van der Waals surface area contributed by atoms with Crippen molar-refractivity contribution in [1.29, 1.82) is 0 Å². The van der Waals surface area contributed by atoms with Crippen LogP contribution in [0.25, 0.3) is 10.8 Å². The van der Waals surface area contributed by atoms with Crippen molar-refractivity contribution >= 4 is 17.0 Å². The van der Waals surface area contributed by atoms with Crippen LogP contribution in [0.1, 0.15) is 17.7 Å². The molecule has 3 nitrogen and oxygen atoms in total. The Kier molecular flexibility index (Phi) is 3.24. The minimum atomic E-state index is 0.852. The first kappa shape index (κ1) is 12.7. The lowest BCUT2D eigenvalue weighted by molar-refractivity contribution is 0.581. The first-order valence-electron chi connectivity index (χ1n) is 7.21. The first-order chi connectivity index (χ1) is 10.4. The quantitative estimate of drug-likeness (QED) is 0.719. The van der Waals surface area contributed by atoms with Crippen molar-refractivity contribution in [2.45, 2.75) is 19.4 Å². The maximum atomic E-state index is 5.41. The summed E-state index contributed by atoms with van der Waals surface area (Å²) in [5.41, 5.74) is 3.92. The van der Waals surface area contributed by atoms with Gasteiger partial charge in [0.25, 0.3) is 0 Å². The number of fused-ring (bicyclic) bond motifs is 1. The zero-order valence-corrected chi connectivity index (χ0v) is 12.5. The Bertz CT molecular complexity index is 733. The van der Waals surface area contributed by atoms with E-state index < -0.39 is 0 Å². The van der Waals surface area contributed by atoms with Gasteiger partial charge in [-0.05, 0) is 36.6 Å². The topological polar surface area (TPSA) is 29.3 Å². The Morgan fingerprint density at radius 3 is 3.05 bits per heavy atom. The van der Waals surface area contributed by atoms with Gasteiger partial charge in [-0.15, -0.1) is 11.3 Å². The minimum absolute atomic E-state index is 0.852. The molecule has 3 aromatic rings. The van der Waals surface area contributed by atoms with Crippen LogP contribution < -0.4 is 4.90 Å². The fourth-order valence-electron chi connectivity index (χ4n) is 2.86. The molecule has 0 saturated carbocycles. The van der Waals surface area contributed by atoms with Crippen LogP contribution in [0.2, 0.25) is 0 Å². The average molecular weight is 296 g/mol. The van der Waals surface area contributed by atoms with Crippen LogP contribution in [0.3, 0.4) is 0 Å². The number of hydrogen-bond acceptors (Lipinski definition) is 4. The van der Waals surface area contributed by atoms with E-state index >= 15 is 0 Å². The maximum Gasteiger partial charge on any atom is 0.162 e. The second kappa shape index (κ2) is 5.37. The summed E-state index contributed by atoms with van der Waals surface area (Å²) in [5.74, 6) is 0.852. The molecule has 0 spiro atoms. The van der Waals surface area contributed by atoms with Crippen LogP contribution in [0.15, 0.2) is 52.5 Å². The Hall–Kier alpha value is -2.07. The Morgan fingerprint density at radius 2 is 2.14 bits per heavy atom. The third-order valence-electron chi connectivity index (χ3n) is 3.84. The Morgan fingerprint density at radius 1 is 1.19 bits per heavy atom. The van der Waals surface area contributed by atoms with Gasteiger partial charge in [0, 0.05) is 17.6 Å². The highest BCUT2D eigenvalue weighted by Crippen LogP contribution is 2.29. The van der Waals surface area contributed by atoms with Gasteiger partial charge in [-0.25, -0.2) is 4.98 Å². The predicted molar refractivity (Wildman–Crippen MR) is 85.6 cm³/mol. The van der Waals surface area contributed by atoms with Gasteiger partial charge in [-0.3, -0.25) is 0 Å². The Labute approximate surface area is 127 Å². The molecule has 0 aliphatic carbocycles. The van der Waals surface area contributed by atoms with E-state index in [1.807, 2.05) is 12.1 Å². The van der Waals surface area contributed by atoms with Crippen molar-refractivity contribution in [3.8, 4) is 10.8 Å². The van der Waals surface area contributed by atoms with Crippen molar-refractivity contribution in [3.05, 3.63) is 59.3 Å². The van der Waals surface area contributed by atoms with Crippen LogP contribution >= 0.6 is 11.3 Å². The van der Waals surface area contributed by atoms with Crippen molar-refractivity contribution in [3.63, 3.8) is 0 Å². The molecule has 0 amide bonds. The molecule has 0 radical (unpaired) electrons. The highest BCUT2D eigenvalue weighted by Gasteiger charge is 2.17. The number of anilines is 1. The molecule has 21 heavy (non-hydrogen) atoms. The number of para-hydroxylation sites is 1. The lowest BCUT2D eigenvalue weighted by Crippen LogP contribution is -2.28. The van der Waals surface area contributed by atoms with E-state index in [1.165, 1.54) is 24.1 Å². The van der Waals surface area contributed by atoms with Crippen LogP contribution in [0, 0.1) is 0 Å². The summed E-state index contributed by atoms with van der Waals surface area (Å²) in [6.45, 7) is 1.97. The molecule has 0 N–H and O–H groups in total. The van der Waals surface area contributed by atoms with Crippen LogP contribution in [-0.2, 0) is 13.0 Å². The number of benzene rings is 1. The smallest absolute Gasteiger partial charge is 0.162 e. The van der Waals surface area contributed by atoms with Crippen LogP contribution in [0.5, 0.6) is 0 Å². The van der Waals surface area contributed by atoms with Crippen molar-refractivity contribution < 1.29 is 4.42 Å². The fraction of sp³-hybridized carbons (Fsp3) is 0.235. The van der Waals surface area contributed by atoms with Crippen LogP contribution in [0.4, 0.5) is 5.69 Å². The summed E-state index contributed by atoms with van der Waals surface area (Å²) < 4.78 is 5.41. The average Bonchev–Trinajstić information content (AvgIpc) is 3.18. The number of aryl methyl sites for hydroxylation is 1. The van der Waals surface area contributed by atoms with Crippen molar-refractivity contribution in [2.75, 3.05) is 11.4 Å². The third-order valence-corrected chi connectivity index (χ3v) is 4.75. The molecule has 0 atom stereocenters. The van der Waals surface area contributed by atoms with Gasteiger partial charge in [0.05, 0.1) is 18.5 Å². The van der Waals surface area contributed by atoms with Gasteiger partial charge in [-0.2, -0.15) is 0 Å². The SMILES string of the molecule is c1coc(-c2nc(CN3CCCc4ccccc43)cs2)c1. The monoisotopic (exact) mass is 296 g/mol. The van der Waals surface area contributed by atoms with Crippen LogP contribution in [-0.4, -0.2) is 11.5 Å². The van der Waals surface area contributed by atoms with E-state index in [2.05, 4.69) is 34.5 Å². The maximum absolute atomic E-state index is 5.41. The van der Waals surface area contributed by atoms with Gasteiger partial charge in [0.1, 0.15) is 0 Å². The summed E-state index contributed by atoms with van der Waals surface area (Å²) in [7, 11) is 0. The molecule has 1 aliphatic rings. The molecule has 4 heteroatoms. The van der Waals surface area contributed by atoms with E-state index in [-0.39, 0.29) is 0 Å². The van der Waals surface area contributed by atoms with Gasteiger partial charge < -0.3 is 9.32 Å². The second-order valence-corrected chi connectivity index (χ2v) is 6.13. The molecule has 0 fully saturated rings. The highest BCUT2D eigenvalue weighted by molar-refractivity contribution is 7.13. The van der Waals surface area contributed by atoms with Crippen molar-refractivity contribution in [1.82, 2.24) is 4.98 Å². The van der Waals surface area contributed by atoms with Crippen molar-refractivity contribution in [2.24, 2.45) is 0 Å². The summed E-state index contributed by atoms with van der Waals surface area (Å²) in [4.78, 5) is 7.13. The summed E-state index contributed by atoms with van der Waals surface area (Å²) in [6.07, 6.45) is 4.09. The third kappa shape index (κ3) is 2.47. The number of furan rings is 1. The molecule has 4 rings (SSSR count). The summed E-state index contributed by atoms with van der Waals surface area (Å²) in [5, 5.41) is 3.09.